The molecule has 0 fully saturated rings. The summed E-state index contributed by atoms with van der Waals surface area (Å²) in [6.07, 6.45) is 1.70. The molecule has 0 radical (unpaired) electrons. The number of nitrogens with one attached hydrogen (secondary N) is 1. The lowest BCUT2D eigenvalue weighted by molar-refractivity contribution is -0.120. The van der Waals surface area contributed by atoms with Gasteiger partial charge in [0, 0.05) is 23.5 Å². The van der Waals surface area contributed by atoms with E-state index in [2.05, 4.69) is 20.4 Å². The van der Waals surface area contributed by atoms with Crippen molar-refractivity contribution in [2.24, 2.45) is 0 Å². The van der Waals surface area contributed by atoms with Gasteiger partial charge in [0.05, 0.1) is 10.9 Å². The van der Waals surface area contributed by atoms with Crippen molar-refractivity contribution in [3.63, 3.8) is 0 Å². The summed E-state index contributed by atoms with van der Waals surface area (Å²) in [5.41, 5.74) is 3.89. The van der Waals surface area contributed by atoms with E-state index in [9.17, 15) is 4.79 Å². The van der Waals surface area contributed by atoms with E-state index in [-0.39, 0.29) is 11.2 Å². The van der Waals surface area contributed by atoms with Crippen LogP contribution in [0.3, 0.4) is 0 Å². The average molecular weight is 348 g/mol. The highest BCUT2D eigenvalue weighted by Gasteiger charge is 2.16. The molecule has 7 heteroatoms. The number of nitrogens with zero attached hydrogens (tertiary/aromatic N) is 3. The average Bonchev–Trinajstić information content (AvgIpc) is 2.81. The number of carbonyl (C=O) groups is 1. The van der Waals surface area contributed by atoms with Gasteiger partial charge in [-0.3, -0.25) is 4.79 Å². The van der Waals surface area contributed by atoms with Crippen LogP contribution in [0, 0.1) is 27.7 Å². The van der Waals surface area contributed by atoms with Gasteiger partial charge in [-0.05, 0) is 53.5 Å². The number of aryl methyl sites for hydroxylation is 4. The van der Waals surface area contributed by atoms with E-state index >= 15 is 0 Å². The summed E-state index contributed by atoms with van der Waals surface area (Å²) in [5, 5.41) is 7.32. The molecule has 0 aliphatic carbocycles. The molecule has 1 atom stereocenters. The maximum Gasteiger partial charge on any atom is 0.233 e. The Hall–Kier alpha value is -1.89. The molecule has 0 aliphatic rings. The summed E-state index contributed by atoms with van der Waals surface area (Å²) >= 11 is 1.38. The summed E-state index contributed by atoms with van der Waals surface area (Å²) in [7, 11) is 0. The standard InChI is InChI=1S/C17H24N4O2S/c1-10-9-11(2)20-17(19-10)24-14(5)16(22)18-8-6-7-15-12(3)21-23-13(15)4/h9,14H,6-8H2,1-5H3,(H,18,22)/t14-/m0/s1. The Morgan fingerprint density at radius 3 is 2.50 bits per heavy atom. The van der Waals surface area contributed by atoms with Gasteiger partial charge in [0.2, 0.25) is 5.91 Å². The van der Waals surface area contributed by atoms with Crippen LogP contribution >= 0.6 is 11.8 Å². The topological polar surface area (TPSA) is 80.9 Å². The third-order valence-corrected chi connectivity index (χ3v) is 4.66. The van der Waals surface area contributed by atoms with Crippen molar-refractivity contribution in [3.8, 4) is 0 Å². The number of amides is 1. The maximum atomic E-state index is 12.2. The second-order valence-corrected chi connectivity index (χ2v) is 7.20. The number of carbonyl (C=O) groups excluding carboxylic acids is 1. The van der Waals surface area contributed by atoms with E-state index in [1.54, 1.807) is 0 Å². The van der Waals surface area contributed by atoms with Gasteiger partial charge in [-0.15, -0.1) is 0 Å². The fourth-order valence-corrected chi connectivity index (χ4v) is 3.34. The fraction of sp³-hybridized carbons (Fsp3) is 0.529. The minimum absolute atomic E-state index is 0.00141. The molecular weight excluding hydrogens is 324 g/mol. The normalized spacial score (nSPS) is 12.2. The molecule has 130 valence electrons. The molecule has 2 aromatic heterocycles. The quantitative estimate of drug-likeness (QED) is 0.471. The van der Waals surface area contributed by atoms with Crippen molar-refractivity contribution in [2.75, 3.05) is 6.54 Å². The smallest absolute Gasteiger partial charge is 0.233 e. The van der Waals surface area contributed by atoms with Gasteiger partial charge >= 0.3 is 0 Å². The number of hydrogen-bond acceptors (Lipinski definition) is 6. The molecule has 0 saturated heterocycles. The zero-order valence-corrected chi connectivity index (χ0v) is 15.7. The molecule has 1 N–H and O–H groups in total. The number of thioether (sulfide) groups is 1. The molecule has 0 aromatic carbocycles. The van der Waals surface area contributed by atoms with E-state index in [4.69, 9.17) is 4.52 Å². The molecule has 0 spiro atoms. The molecule has 0 unspecified atom stereocenters. The molecule has 2 heterocycles. The van der Waals surface area contributed by atoms with Gasteiger partial charge < -0.3 is 9.84 Å². The maximum absolute atomic E-state index is 12.2. The van der Waals surface area contributed by atoms with Crippen LogP contribution in [0.1, 0.15) is 41.8 Å². The van der Waals surface area contributed by atoms with Gasteiger partial charge in [-0.2, -0.15) is 0 Å². The van der Waals surface area contributed by atoms with Gasteiger partial charge in [-0.1, -0.05) is 16.9 Å². The van der Waals surface area contributed by atoms with Crippen molar-refractivity contribution in [3.05, 3.63) is 34.5 Å². The highest BCUT2D eigenvalue weighted by molar-refractivity contribution is 8.00. The third kappa shape index (κ3) is 5.06. The molecule has 24 heavy (non-hydrogen) atoms. The van der Waals surface area contributed by atoms with Crippen LogP contribution in [0.4, 0.5) is 0 Å². The van der Waals surface area contributed by atoms with Crippen LogP contribution in [0.2, 0.25) is 0 Å². The number of hydrogen-bond donors (Lipinski definition) is 1. The Bertz CT molecular complexity index is 675. The SMILES string of the molecule is Cc1cc(C)nc(S[C@@H](C)C(=O)NCCCc2c(C)noc2C)n1. The van der Waals surface area contributed by atoms with Crippen LogP contribution in [-0.2, 0) is 11.2 Å². The first kappa shape index (κ1) is 18.4. The van der Waals surface area contributed by atoms with E-state index in [0.717, 1.165) is 41.2 Å². The van der Waals surface area contributed by atoms with Gasteiger partial charge in [0.1, 0.15) is 5.76 Å². The van der Waals surface area contributed by atoms with Crippen LogP contribution in [0.5, 0.6) is 0 Å². The minimum Gasteiger partial charge on any atom is -0.361 e. The van der Waals surface area contributed by atoms with Gasteiger partial charge in [0.25, 0.3) is 0 Å². The summed E-state index contributed by atoms with van der Waals surface area (Å²) in [6, 6.07) is 1.92. The first-order chi connectivity index (χ1) is 11.4. The zero-order valence-electron chi connectivity index (χ0n) is 14.8. The fourth-order valence-electron chi connectivity index (χ4n) is 2.44. The summed E-state index contributed by atoms with van der Waals surface area (Å²) < 4.78 is 5.14. The Morgan fingerprint density at radius 1 is 1.25 bits per heavy atom. The predicted molar refractivity (Wildman–Crippen MR) is 94.1 cm³/mol. The molecule has 2 aromatic rings. The first-order valence-electron chi connectivity index (χ1n) is 8.05. The second-order valence-electron chi connectivity index (χ2n) is 5.89. The highest BCUT2D eigenvalue weighted by Crippen LogP contribution is 2.20. The van der Waals surface area contributed by atoms with Crippen molar-refractivity contribution < 1.29 is 9.32 Å². The lowest BCUT2D eigenvalue weighted by Crippen LogP contribution is -2.32. The van der Waals surface area contributed by atoms with Crippen LogP contribution < -0.4 is 5.32 Å². The molecule has 0 bridgehead atoms. The lowest BCUT2D eigenvalue weighted by Gasteiger charge is -2.11. The first-order valence-corrected chi connectivity index (χ1v) is 8.93. The van der Waals surface area contributed by atoms with Crippen LogP contribution in [-0.4, -0.2) is 32.8 Å². The van der Waals surface area contributed by atoms with Crippen molar-refractivity contribution in [2.45, 2.75) is 57.9 Å². The van der Waals surface area contributed by atoms with Gasteiger partial charge in [0.15, 0.2) is 5.16 Å². The Balaban J connectivity index is 1.77. The number of rotatable bonds is 7. The molecule has 6 nitrogen and oxygen atoms in total. The van der Waals surface area contributed by atoms with Crippen molar-refractivity contribution in [1.29, 1.82) is 0 Å². The van der Waals surface area contributed by atoms with Crippen molar-refractivity contribution >= 4 is 17.7 Å². The van der Waals surface area contributed by atoms with E-state index in [1.165, 1.54) is 11.8 Å². The lowest BCUT2D eigenvalue weighted by atomic mass is 10.1. The Kier molecular flexibility index (Phi) is 6.36. The zero-order chi connectivity index (χ0) is 17.7. The molecular formula is C17H24N4O2S. The van der Waals surface area contributed by atoms with E-state index in [1.807, 2.05) is 40.7 Å². The van der Waals surface area contributed by atoms with E-state index in [0.29, 0.717) is 11.7 Å². The van der Waals surface area contributed by atoms with Crippen molar-refractivity contribution in [1.82, 2.24) is 20.4 Å². The number of aromatic nitrogens is 3. The van der Waals surface area contributed by atoms with Gasteiger partial charge in [-0.25, -0.2) is 9.97 Å². The monoisotopic (exact) mass is 348 g/mol. The Morgan fingerprint density at radius 2 is 1.92 bits per heavy atom. The molecule has 2 rings (SSSR count). The summed E-state index contributed by atoms with van der Waals surface area (Å²) in [6.45, 7) is 10.2. The van der Waals surface area contributed by atoms with E-state index < -0.39 is 0 Å². The summed E-state index contributed by atoms with van der Waals surface area (Å²) in [4.78, 5) is 20.9. The molecule has 0 aliphatic heterocycles. The molecule has 0 saturated carbocycles. The van der Waals surface area contributed by atoms with Crippen LogP contribution in [0.15, 0.2) is 15.7 Å². The highest BCUT2D eigenvalue weighted by atomic mass is 32.2. The molecule has 1 amide bonds. The Labute approximate surface area is 146 Å². The largest absolute Gasteiger partial charge is 0.361 e. The second kappa shape index (κ2) is 8.28. The third-order valence-electron chi connectivity index (χ3n) is 3.70. The summed E-state index contributed by atoms with van der Waals surface area (Å²) in [5.74, 6) is 0.858. The minimum atomic E-state index is -0.231. The van der Waals surface area contributed by atoms with Crippen LogP contribution in [0.25, 0.3) is 0 Å². The predicted octanol–water partition coefficient (Wildman–Crippen LogP) is 2.93.